The van der Waals surface area contributed by atoms with Crippen LogP contribution in [-0.4, -0.2) is 29.5 Å². The van der Waals surface area contributed by atoms with Crippen molar-refractivity contribution in [3.63, 3.8) is 0 Å². The third-order valence-corrected chi connectivity index (χ3v) is 6.33. The number of carbonyl (C=O) groups excluding carboxylic acids is 2. The molecule has 0 fully saturated rings. The first-order valence-corrected chi connectivity index (χ1v) is 12.4. The van der Waals surface area contributed by atoms with Crippen molar-refractivity contribution >= 4 is 23.4 Å². The fourth-order valence-corrected chi connectivity index (χ4v) is 4.19. The molecule has 3 N–H and O–H groups in total. The molecule has 0 spiro atoms. The maximum absolute atomic E-state index is 13.6. The van der Waals surface area contributed by atoms with Gasteiger partial charge in [0.05, 0.1) is 10.6 Å². The van der Waals surface area contributed by atoms with Gasteiger partial charge in [0.2, 0.25) is 5.91 Å². The van der Waals surface area contributed by atoms with E-state index in [1.807, 2.05) is 54.6 Å². The summed E-state index contributed by atoms with van der Waals surface area (Å²) in [4.78, 5) is 26.1. The molecule has 7 heteroatoms. The first kappa shape index (κ1) is 26.6. The van der Waals surface area contributed by atoms with Gasteiger partial charge in [-0.15, -0.1) is 6.58 Å². The Kier molecular flexibility index (Phi) is 8.56. The number of carbonyl (C=O) groups is 2. The number of amides is 2. The molecule has 2 amide bonds. The molecule has 0 aliphatic heterocycles. The molecule has 38 heavy (non-hydrogen) atoms. The maximum Gasteiger partial charge on any atom is 0.255 e. The minimum atomic E-state index is -0.909. The summed E-state index contributed by atoms with van der Waals surface area (Å²) in [6.45, 7) is 3.86. The van der Waals surface area contributed by atoms with E-state index in [2.05, 4.69) is 17.2 Å². The van der Waals surface area contributed by atoms with Gasteiger partial charge in [-0.1, -0.05) is 84.4 Å². The third kappa shape index (κ3) is 6.47. The van der Waals surface area contributed by atoms with E-state index in [9.17, 15) is 19.1 Å². The summed E-state index contributed by atoms with van der Waals surface area (Å²) in [6, 6.07) is 25.4. The van der Waals surface area contributed by atoms with Crippen LogP contribution < -0.4 is 10.6 Å². The summed E-state index contributed by atoms with van der Waals surface area (Å²) in [6.07, 6.45) is 1.78. The third-order valence-electron chi connectivity index (χ3n) is 6.04. The standard InChI is InChI=1S/C31H26ClFN2O3/c1-2-16-34-31(38)28(17-20-8-10-22(11-9-20)21-6-4-3-5-7-21)35-30(37)25-18-23(13-15-29(25)36)24-12-14-27(33)26(32)19-24/h2-15,18-19,28,36H,1,16-17H2,(H,34,38)(H,35,37). The van der Waals surface area contributed by atoms with Crippen molar-refractivity contribution in [3.8, 4) is 28.0 Å². The highest BCUT2D eigenvalue weighted by Gasteiger charge is 2.23. The van der Waals surface area contributed by atoms with E-state index in [0.717, 1.165) is 16.7 Å². The van der Waals surface area contributed by atoms with Gasteiger partial charge in [-0.25, -0.2) is 4.39 Å². The fourth-order valence-electron chi connectivity index (χ4n) is 4.01. The number of halogens is 2. The van der Waals surface area contributed by atoms with E-state index in [1.54, 1.807) is 12.1 Å². The molecule has 0 saturated carbocycles. The zero-order valence-electron chi connectivity index (χ0n) is 20.5. The zero-order chi connectivity index (χ0) is 27.1. The Morgan fingerprint density at radius 2 is 1.53 bits per heavy atom. The van der Waals surface area contributed by atoms with Crippen LogP contribution in [0.15, 0.2) is 104 Å². The average molecular weight is 529 g/mol. The predicted molar refractivity (Wildman–Crippen MR) is 149 cm³/mol. The second-order valence-corrected chi connectivity index (χ2v) is 9.09. The summed E-state index contributed by atoms with van der Waals surface area (Å²) in [5, 5.41) is 15.8. The van der Waals surface area contributed by atoms with Crippen molar-refractivity contribution in [1.82, 2.24) is 10.6 Å². The molecule has 192 valence electrons. The van der Waals surface area contributed by atoms with Crippen LogP contribution in [0, 0.1) is 5.82 Å². The van der Waals surface area contributed by atoms with E-state index >= 15 is 0 Å². The number of rotatable bonds is 9. The Morgan fingerprint density at radius 3 is 2.21 bits per heavy atom. The maximum atomic E-state index is 13.6. The van der Waals surface area contributed by atoms with E-state index in [4.69, 9.17) is 11.6 Å². The van der Waals surface area contributed by atoms with Gasteiger partial charge < -0.3 is 15.7 Å². The van der Waals surface area contributed by atoms with Gasteiger partial charge in [-0.2, -0.15) is 0 Å². The van der Waals surface area contributed by atoms with Gasteiger partial charge in [0.1, 0.15) is 17.6 Å². The second kappa shape index (κ2) is 12.2. The van der Waals surface area contributed by atoms with Crippen LogP contribution >= 0.6 is 11.6 Å². The summed E-state index contributed by atoms with van der Waals surface area (Å²) in [5.41, 5.74) is 4.06. The Labute approximate surface area is 225 Å². The van der Waals surface area contributed by atoms with Crippen LogP contribution in [-0.2, 0) is 11.2 Å². The highest BCUT2D eigenvalue weighted by atomic mass is 35.5. The quantitative estimate of drug-likeness (QED) is 0.228. The molecule has 0 aromatic heterocycles. The molecule has 4 aromatic rings. The zero-order valence-corrected chi connectivity index (χ0v) is 21.2. The van der Waals surface area contributed by atoms with Crippen LogP contribution in [0.3, 0.4) is 0 Å². The Bertz CT molecular complexity index is 1460. The number of benzene rings is 4. The largest absolute Gasteiger partial charge is 0.507 e. The molecule has 5 nitrogen and oxygen atoms in total. The second-order valence-electron chi connectivity index (χ2n) is 8.69. The van der Waals surface area contributed by atoms with Gasteiger partial charge in [-0.05, 0) is 52.1 Å². The first-order valence-electron chi connectivity index (χ1n) is 12.0. The van der Waals surface area contributed by atoms with E-state index in [-0.39, 0.29) is 35.2 Å². The van der Waals surface area contributed by atoms with Crippen LogP contribution in [0.5, 0.6) is 5.75 Å². The Hall–Kier alpha value is -4.42. The summed E-state index contributed by atoms with van der Waals surface area (Å²) in [5.74, 6) is -1.82. The lowest BCUT2D eigenvalue weighted by atomic mass is 9.99. The molecule has 0 bridgehead atoms. The highest BCUT2D eigenvalue weighted by molar-refractivity contribution is 6.31. The van der Waals surface area contributed by atoms with Crippen molar-refractivity contribution in [1.29, 1.82) is 0 Å². The van der Waals surface area contributed by atoms with Crippen molar-refractivity contribution < 1.29 is 19.1 Å². The van der Waals surface area contributed by atoms with Gasteiger partial charge >= 0.3 is 0 Å². The van der Waals surface area contributed by atoms with E-state index in [1.165, 1.54) is 30.3 Å². The first-order chi connectivity index (χ1) is 18.4. The lowest BCUT2D eigenvalue weighted by Crippen LogP contribution is -2.48. The molecule has 0 aliphatic rings. The molecule has 0 heterocycles. The Balaban J connectivity index is 1.56. The monoisotopic (exact) mass is 528 g/mol. The van der Waals surface area contributed by atoms with Crippen molar-refractivity contribution in [2.45, 2.75) is 12.5 Å². The summed E-state index contributed by atoms with van der Waals surface area (Å²) >= 11 is 5.91. The number of nitrogens with one attached hydrogen (secondary N) is 2. The Morgan fingerprint density at radius 1 is 0.895 bits per heavy atom. The molecule has 1 atom stereocenters. The van der Waals surface area contributed by atoms with Crippen LogP contribution in [0.4, 0.5) is 4.39 Å². The van der Waals surface area contributed by atoms with E-state index < -0.39 is 17.8 Å². The molecule has 4 rings (SSSR count). The van der Waals surface area contributed by atoms with Gasteiger partial charge in [-0.3, -0.25) is 9.59 Å². The minimum absolute atomic E-state index is 0.0242. The average Bonchev–Trinajstić information content (AvgIpc) is 2.94. The molecule has 1 unspecified atom stereocenters. The van der Waals surface area contributed by atoms with Crippen LogP contribution in [0.25, 0.3) is 22.3 Å². The van der Waals surface area contributed by atoms with Crippen LogP contribution in [0.2, 0.25) is 5.02 Å². The lowest BCUT2D eigenvalue weighted by Gasteiger charge is -2.19. The number of aromatic hydroxyl groups is 1. The van der Waals surface area contributed by atoms with Crippen molar-refractivity contribution in [2.75, 3.05) is 6.54 Å². The van der Waals surface area contributed by atoms with Crippen molar-refractivity contribution in [3.05, 3.63) is 126 Å². The normalized spacial score (nSPS) is 11.4. The number of hydrogen-bond acceptors (Lipinski definition) is 3. The number of phenols is 1. The lowest BCUT2D eigenvalue weighted by molar-refractivity contribution is -0.122. The topological polar surface area (TPSA) is 78.4 Å². The molecule has 0 aliphatic carbocycles. The van der Waals surface area contributed by atoms with E-state index in [0.29, 0.717) is 11.1 Å². The number of hydrogen-bond donors (Lipinski definition) is 3. The highest BCUT2D eigenvalue weighted by Crippen LogP contribution is 2.29. The molecule has 0 saturated heterocycles. The summed E-state index contributed by atoms with van der Waals surface area (Å²) in [7, 11) is 0. The van der Waals surface area contributed by atoms with Gasteiger partial charge in [0.15, 0.2) is 0 Å². The molecule has 4 aromatic carbocycles. The molecular weight excluding hydrogens is 503 g/mol. The van der Waals surface area contributed by atoms with Crippen molar-refractivity contribution in [2.24, 2.45) is 0 Å². The van der Waals surface area contributed by atoms with Gasteiger partial charge in [0, 0.05) is 13.0 Å². The van der Waals surface area contributed by atoms with Gasteiger partial charge in [0.25, 0.3) is 5.91 Å². The van der Waals surface area contributed by atoms with Crippen LogP contribution in [0.1, 0.15) is 15.9 Å². The minimum Gasteiger partial charge on any atom is -0.507 e. The molecular formula is C31H26ClFN2O3. The fraction of sp³-hybridized carbons (Fsp3) is 0.0968. The summed E-state index contributed by atoms with van der Waals surface area (Å²) < 4.78 is 13.6. The molecule has 0 radical (unpaired) electrons. The smallest absolute Gasteiger partial charge is 0.255 e. The number of phenolic OH excluding ortho intramolecular Hbond substituents is 1. The predicted octanol–water partition coefficient (Wildman–Crippen LogP) is 6.16. The SMILES string of the molecule is C=CCNC(=O)C(Cc1ccc(-c2ccccc2)cc1)NC(=O)c1cc(-c2ccc(F)c(Cl)c2)ccc1O.